The molecule has 0 saturated heterocycles. The molecule has 0 spiro atoms. The van der Waals surface area contributed by atoms with Gasteiger partial charge in [0.2, 0.25) is 0 Å². The summed E-state index contributed by atoms with van der Waals surface area (Å²) in [6, 6.07) is 4.21. The lowest BCUT2D eigenvalue weighted by Gasteiger charge is -2.10. The molecule has 0 bridgehead atoms. The van der Waals surface area contributed by atoms with E-state index in [1.807, 2.05) is 0 Å². The van der Waals surface area contributed by atoms with Gasteiger partial charge in [-0.15, -0.1) is 0 Å². The Labute approximate surface area is 90.4 Å². The lowest BCUT2D eigenvalue weighted by atomic mass is 9.96. The van der Waals surface area contributed by atoms with Crippen molar-refractivity contribution < 1.29 is 8.78 Å². The molecule has 2 rings (SSSR count). The van der Waals surface area contributed by atoms with Crippen LogP contribution in [0, 0.1) is 17.6 Å². The van der Waals surface area contributed by atoms with Crippen LogP contribution in [0.2, 0.25) is 0 Å². The Bertz CT molecular complexity index is 364. The van der Waals surface area contributed by atoms with E-state index in [9.17, 15) is 8.78 Å². The molecule has 1 saturated carbocycles. The van der Waals surface area contributed by atoms with Crippen molar-refractivity contribution in [1.29, 1.82) is 0 Å². The zero-order chi connectivity index (χ0) is 10.3. The summed E-state index contributed by atoms with van der Waals surface area (Å²) < 4.78 is 25.7. The molecule has 1 aliphatic carbocycles. The first-order chi connectivity index (χ1) is 6.58. The summed E-state index contributed by atoms with van der Waals surface area (Å²) in [7, 11) is 0. The smallest absolute Gasteiger partial charge is 0.159 e. The van der Waals surface area contributed by atoms with Gasteiger partial charge in [0, 0.05) is 5.33 Å². The molecule has 1 aliphatic rings. The van der Waals surface area contributed by atoms with Crippen molar-refractivity contribution in [3.63, 3.8) is 0 Å². The van der Waals surface area contributed by atoms with Crippen molar-refractivity contribution >= 4 is 15.9 Å². The molecule has 0 aromatic heterocycles. The van der Waals surface area contributed by atoms with Crippen molar-refractivity contribution in [2.24, 2.45) is 5.92 Å². The van der Waals surface area contributed by atoms with Crippen molar-refractivity contribution in [2.45, 2.75) is 18.8 Å². The molecule has 3 heteroatoms. The highest BCUT2D eigenvalue weighted by Crippen LogP contribution is 2.54. The summed E-state index contributed by atoms with van der Waals surface area (Å²) in [5.74, 6) is -0.968. The Morgan fingerprint density at radius 3 is 2.64 bits per heavy atom. The Morgan fingerprint density at radius 2 is 2.14 bits per heavy atom. The van der Waals surface area contributed by atoms with E-state index in [1.54, 1.807) is 6.07 Å². The number of hydrogen-bond acceptors (Lipinski definition) is 0. The molecule has 76 valence electrons. The molecule has 0 amide bonds. The van der Waals surface area contributed by atoms with Gasteiger partial charge >= 0.3 is 0 Å². The second kappa shape index (κ2) is 3.30. The zero-order valence-corrected chi connectivity index (χ0v) is 9.44. The van der Waals surface area contributed by atoms with Crippen LogP contribution in [0.5, 0.6) is 0 Å². The van der Waals surface area contributed by atoms with Gasteiger partial charge in [-0.3, -0.25) is 0 Å². The first-order valence-corrected chi connectivity index (χ1v) is 5.71. The van der Waals surface area contributed by atoms with Gasteiger partial charge < -0.3 is 0 Å². The van der Waals surface area contributed by atoms with Gasteiger partial charge in [0.1, 0.15) is 0 Å². The van der Waals surface area contributed by atoms with Crippen LogP contribution in [0.3, 0.4) is 0 Å². The molecule has 2 unspecified atom stereocenters. The monoisotopic (exact) mass is 260 g/mol. The van der Waals surface area contributed by atoms with Crippen LogP contribution >= 0.6 is 15.9 Å². The highest BCUT2D eigenvalue weighted by atomic mass is 79.9. The highest BCUT2D eigenvalue weighted by Gasteiger charge is 2.50. The predicted octanol–water partition coefficient (Wildman–Crippen LogP) is 3.64. The van der Waals surface area contributed by atoms with Gasteiger partial charge in [-0.25, -0.2) is 8.78 Å². The Hall–Kier alpha value is -0.440. The summed E-state index contributed by atoms with van der Waals surface area (Å²) in [5, 5.41) is 0.919. The predicted molar refractivity (Wildman–Crippen MR) is 55.6 cm³/mol. The Kier molecular flexibility index (Phi) is 2.38. The van der Waals surface area contributed by atoms with Crippen LogP contribution in [0.25, 0.3) is 0 Å². The fourth-order valence-electron chi connectivity index (χ4n) is 1.88. The number of alkyl halides is 1. The lowest BCUT2D eigenvalue weighted by Crippen LogP contribution is -2.06. The molecule has 1 aromatic carbocycles. The minimum atomic E-state index is -0.770. The second-order valence-electron chi connectivity index (χ2n) is 4.10. The van der Waals surface area contributed by atoms with Gasteiger partial charge in [-0.05, 0) is 35.4 Å². The molecule has 1 fully saturated rings. The normalized spacial score (nSPS) is 30.4. The quantitative estimate of drug-likeness (QED) is 0.713. The summed E-state index contributed by atoms with van der Waals surface area (Å²) in [6.07, 6.45) is 1.04. The SMILES string of the molecule is CC1(c2ccc(F)c(F)c2)CC1CBr. The minimum absolute atomic E-state index is 0.0397. The fraction of sp³-hybridized carbons (Fsp3) is 0.455. The van der Waals surface area contributed by atoms with Crippen LogP contribution in [0.15, 0.2) is 18.2 Å². The third-order valence-corrected chi connectivity index (χ3v) is 3.96. The van der Waals surface area contributed by atoms with Crippen molar-refractivity contribution in [3.8, 4) is 0 Å². The van der Waals surface area contributed by atoms with Crippen molar-refractivity contribution in [2.75, 3.05) is 5.33 Å². The third-order valence-electron chi connectivity index (χ3n) is 3.18. The van der Waals surface area contributed by atoms with Crippen LogP contribution < -0.4 is 0 Å². The number of hydrogen-bond donors (Lipinski definition) is 0. The Balaban J connectivity index is 2.31. The largest absolute Gasteiger partial charge is 0.204 e. The molecular weight excluding hydrogens is 250 g/mol. The topological polar surface area (TPSA) is 0 Å². The fourth-order valence-corrected chi connectivity index (χ4v) is 2.83. The van der Waals surface area contributed by atoms with E-state index in [4.69, 9.17) is 0 Å². The third kappa shape index (κ3) is 1.48. The van der Waals surface area contributed by atoms with Gasteiger partial charge in [0.15, 0.2) is 11.6 Å². The average molecular weight is 261 g/mol. The second-order valence-corrected chi connectivity index (χ2v) is 4.75. The molecule has 0 aliphatic heterocycles. The first-order valence-electron chi connectivity index (χ1n) is 4.59. The van der Waals surface area contributed by atoms with Crippen LogP contribution in [-0.2, 0) is 5.41 Å². The van der Waals surface area contributed by atoms with Gasteiger partial charge in [0.25, 0.3) is 0 Å². The Morgan fingerprint density at radius 1 is 1.43 bits per heavy atom. The summed E-state index contributed by atoms with van der Waals surface area (Å²) in [4.78, 5) is 0. The van der Waals surface area contributed by atoms with Gasteiger partial charge in [-0.2, -0.15) is 0 Å². The van der Waals surface area contributed by atoms with E-state index >= 15 is 0 Å². The van der Waals surface area contributed by atoms with Crippen molar-refractivity contribution in [1.82, 2.24) is 0 Å². The first kappa shape index (κ1) is 10.1. The molecule has 0 heterocycles. The summed E-state index contributed by atoms with van der Waals surface area (Å²) >= 11 is 3.41. The highest BCUT2D eigenvalue weighted by molar-refractivity contribution is 9.09. The standard InChI is InChI=1S/C11H11BrF2/c1-11(5-8(11)6-12)7-2-3-9(13)10(14)4-7/h2-4,8H,5-6H2,1H3. The van der Waals surface area contributed by atoms with E-state index in [0.29, 0.717) is 5.92 Å². The minimum Gasteiger partial charge on any atom is -0.204 e. The number of benzene rings is 1. The summed E-state index contributed by atoms with van der Waals surface area (Å²) in [5.41, 5.74) is 0.943. The molecule has 0 radical (unpaired) electrons. The van der Waals surface area contributed by atoms with Crippen molar-refractivity contribution in [3.05, 3.63) is 35.4 Å². The van der Waals surface area contributed by atoms with Gasteiger partial charge in [0.05, 0.1) is 0 Å². The molecule has 0 N–H and O–H groups in total. The van der Waals surface area contributed by atoms with E-state index in [1.165, 1.54) is 12.1 Å². The zero-order valence-electron chi connectivity index (χ0n) is 7.86. The molecular formula is C11H11BrF2. The van der Waals surface area contributed by atoms with E-state index in [2.05, 4.69) is 22.9 Å². The maximum atomic E-state index is 13.0. The molecule has 1 aromatic rings. The lowest BCUT2D eigenvalue weighted by molar-refractivity contribution is 0.504. The summed E-state index contributed by atoms with van der Waals surface area (Å²) in [6.45, 7) is 2.09. The van der Waals surface area contributed by atoms with Gasteiger partial charge in [-0.1, -0.05) is 28.9 Å². The molecule has 14 heavy (non-hydrogen) atoms. The van der Waals surface area contributed by atoms with E-state index in [0.717, 1.165) is 17.3 Å². The maximum Gasteiger partial charge on any atom is 0.159 e. The molecule has 0 nitrogen and oxygen atoms in total. The van der Waals surface area contributed by atoms with Crippen LogP contribution in [0.1, 0.15) is 18.9 Å². The maximum absolute atomic E-state index is 13.0. The number of rotatable bonds is 2. The van der Waals surface area contributed by atoms with Crippen LogP contribution in [0.4, 0.5) is 8.78 Å². The van der Waals surface area contributed by atoms with E-state index in [-0.39, 0.29) is 5.41 Å². The number of halogens is 3. The van der Waals surface area contributed by atoms with Crippen LogP contribution in [-0.4, -0.2) is 5.33 Å². The van der Waals surface area contributed by atoms with E-state index < -0.39 is 11.6 Å². The average Bonchev–Trinajstić information content (AvgIpc) is 2.83. The molecule has 2 atom stereocenters.